The zero-order valence-corrected chi connectivity index (χ0v) is 7.60. The molecule has 1 fully saturated rings. The van der Waals surface area contributed by atoms with Crippen LogP contribution in [-0.2, 0) is 4.79 Å². The van der Waals surface area contributed by atoms with Crippen molar-refractivity contribution >= 4 is 6.41 Å². The van der Waals surface area contributed by atoms with E-state index in [1.54, 1.807) is 4.90 Å². The van der Waals surface area contributed by atoms with E-state index in [0.29, 0.717) is 13.0 Å². The topological polar surface area (TPSA) is 43.8 Å². The van der Waals surface area contributed by atoms with Crippen molar-refractivity contribution in [1.29, 1.82) is 0 Å². The van der Waals surface area contributed by atoms with E-state index >= 15 is 0 Å². The predicted octanol–water partition coefficient (Wildman–Crippen LogP) is -0.860. The molecule has 1 rings (SSSR count). The zero-order valence-electron chi connectivity index (χ0n) is 7.60. The summed E-state index contributed by atoms with van der Waals surface area (Å²) in [5.41, 5.74) is 0. The van der Waals surface area contributed by atoms with Gasteiger partial charge in [0.15, 0.2) is 0 Å². The first-order valence-electron chi connectivity index (χ1n) is 4.17. The molecule has 12 heavy (non-hydrogen) atoms. The molecule has 1 heterocycles. The summed E-state index contributed by atoms with van der Waals surface area (Å²) in [5, 5.41) is 9.29. The molecule has 1 aliphatic heterocycles. The molecule has 4 nitrogen and oxygen atoms in total. The molecule has 0 aromatic heterocycles. The SMILES string of the molecule is CN(C)CC1CC(O)CN1C=O. The Morgan fingerprint density at radius 2 is 2.33 bits per heavy atom. The van der Waals surface area contributed by atoms with Gasteiger partial charge in [0.05, 0.1) is 6.10 Å². The molecule has 0 aromatic rings. The molecule has 1 aliphatic rings. The second-order valence-corrected chi connectivity index (χ2v) is 3.61. The van der Waals surface area contributed by atoms with Crippen LogP contribution in [-0.4, -0.2) is 60.6 Å². The van der Waals surface area contributed by atoms with Gasteiger partial charge in [0.25, 0.3) is 0 Å². The van der Waals surface area contributed by atoms with Crippen LogP contribution >= 0.6 is 0 Å². The molecule has 0 saturated carbocycles. The van der Waals surface area contributed by atoms with Crippen LogP contribution in [0.2, 0.25) is 0 Å². The largest absolute Gasteiger partial charge is 0.391 e. The van der Waals surface area contributed by atoms with Crippen LogP contribution in [0.5, 0.6) is 0 Å². The van der Waals surface area contributed by atoms with Crippen LogP contribution in [0.15, 0.2) is 0 Å². The molecule has 0 aromatic carbocycles. The number of carbonyl (C=O) groups is 1. The van der Waals surface area contributed by atoms with Gasteiger partial charge in [0, 0.05) is 19.1 Å². The zero-order chi connectivity index (χ0) is 9.14. The minimum atomic E-state index is -0.333. The average molecular weight is 172 g/mol. The summed E-state index contributed by atoms with van der Waals surface area (Å²) in [5.74, 6) is 0. The number of carbonyl (C=O) groups excluding carboxylic acids is 1. The van der Waals surface area contributed by atoms with Crippen molar-refractivity contribution < 1.29 is 9.90 Å². The van der Waals surface area contributed by atoms with Gasteiger partial charge in [-0.25, -0.2) is 0 Å². The van der Waals surface area contributed by atoms with Crippen molar-refractivity contribution in [3.05, 3.63) is 0 Å². The van der Waals surface area contributed by atoms with Crippen molar-refractivity contribution in [3.8, 4) is 0 Å². The van der Waals surface area contributed by atoms with E-state index in [-0.39, 0.29) is 12.1 Å². The highest BCUT2D eigenvalue weighted by atomic mass is 16.3. The maximum atomic E-state index is 10.5. The second kappa shape index (κ2) is 3.87. The number of hydrogen-bond donors (Lipinski definition) is 1. The first-order valence-corrected chi connectivity index (χ1v) is 4.17. The maximum absolute atomic E-state index is 10.5. The third kappa shape index (κ3) is 2.19. The Kier molecular flexibility index (Phi) is 3.05. The lowest BCUT2D eigenvalue weighted by Gasteiger charge is -2.22. The molecule has 0 radical (unpaired) electrons. The van der Waals surface area contributed by atoms with E-state index in [1.807, 2.05) is 19.0 Å². The minimum absolute atomic E-state index is 0.188. The number of aliphatic hydroxyl groups excluding tert-OH is 1. The highest BCUT2D eigenvalue weighted by Crippen LogP contribution is 2.15. The number of rotatable bonds is 3. The Morgan fingerprint density at radius 3 is 2.83 bits per heavy atom. The average Bonchev–Trinajstić information content (AvgIpc) is 2.29. The first kappa shape index (κ1) is 9.48. The number of amides is 1. The lowest BCUT2D eigenvalue weighted by atomic mass is 10.2. The molecular formula is C8H16N2O2. The fourth-order valence-corrected chi connectivity index (χ4v) is 1.65. The van der Waals surface area contributed by atoms with Crippen molar-refractivity contribution in [3.63, 3.8) is 0 Å². The Bertz CT molecular complexity index is 161. The summed E-state index contributed by atoms with van der Waals surface area (Å²) in [6.45, 7) is 1.32. The van der Waals surface area contributed by atoms with Crippen LogP contribution in [0.25, 0.3) is 0 Å². The molecule has 0 bridgehead atoms. The van der Waals surface area contributed by atoms with Gasteiger partial charge in [-0.3, -0.25) is 4.79 Å². The van der Waals surface area contributed by atoms with Gasteiger partial charge in [-0.05, 0) is 20.5 Å². The quantitative estimate of drug-likeness (QED) is 0.563. The van der Waals surface area contributed by atoms with Crippen LogP contribution < -0.4 is 0 Å². The van der Waals surface area contributed by atoms with E-state index < -0.39 is 0 Å². The number of likely N-dealkylation sites (N-methyl/N-ethyl adjacent to an activating group) is 1. The summed E-state index contributed by atoms with van der Waals surface area (Å²) in [6, 6.07) is 0.188. The smallest absolute Gasteiger partial charge is 0.210 e. The molecule has 1 saturated heterocycles. The van der Waals surface area contributed by atoms with E-state index in [1.165, 1.54) is 0 Å². The molecule has 2 atom stereocenters. The molecule has 1 amide bonds. The van der Waals surface area contributed by atoms with Gasteiger partial charge < -0.3 is 14.9 Å². The molecular weight excluding hydrogens is 156 g/mol. The summed E-state index contributed by atoms with van der Waals surface area (Å²) in [4.78, 5) is 14.2. The minimum Gasteiger partial charge on any atom is -0.391 e. The van der Waals surface area contributed by atoms with Crippen LogP contribution in [0.4, 0.5) is 0 Å². The van der Waals surface area contributed by atoms with Crippen LogP contribution in [0.1, 0.15) is 6.42 Å². The van der Waals surface area contributed by atoms with E-state index in [9.17, 15) is 9.90 Å². The van der Waals surface area contributed by atoms with Crippen molar-refractivity contribution in [2.45, 2.75) is 18.6 Å². The highest BCUT2D eigenvalue weighted by Gasteiger charge is 2.29. The number of hydrogen-bond acceptors (Lipinski definition) is 3. The third-order valence-corrected chi connectivity index (χ3v) is 2.15. The predicted molar refractivity (Wildman–Crippen MR) is 45.7 cm³/mol. The second-order valence-electron chi connectivity index (χ2n) is 3.61. The molecule has 1 N–H and O–H groups in total. The standard InChI is InChI=1S/C8H16N2O2/c1-9(2)4-7-3-8(12)5-10(7)6-11/h6-8,12H,3-5H2,1-2H3. The Balaban J connectivity index is 2.46. The molecule has 0 spiro atoms. The molecule has 2 unspecified atom stereocenters. The van der Waals surface area contributed by atoms with Gasteiger partial charge in [-0.1, -0.05) is 0 Å². The Hall–Kier alpha value is -0.610. The molecule has 0 aliphatic carbocycles. The fraction of sp³-hybridized carbons (Fsp3) is 0.875. The van der Waals surface area contributed by atoms with Crippen molar-refractivity contribution in [1.82, 2.24) is 9.80 Å². The van der Waals surface area contributed by atoms with E-state index in [4.69, 9.17) is 0 Å². The first-order chi connectivity index (χ1) is 5.63. The fourth-order valence-electron chi connectivity index (χ4n) is 1.65. The maximum Gasteiger partial charge on any atom is 0.210 e. The Morgan fingerprint density at radius 1 is 1.67 bits per heavy atom. The van der Waals surface area contributed by atoms with Gasteiger partial charge >= 0.3 is 0 Å². The summed E-state index contributed by atoms with van der Waals surface area (Å²) < 4.78 is 0. The monoisotopic (exact) mass is 172 g/mol. The van der Waals surface area contributed by atoms with Crippen molar-refractivity contribution in [2.24, 2.45) is 0 Å². The summed E-state index contributed by atoms with van der Waals surface area (Å²) in [7, 11) is 3.93. The number of β-amino-alcohol motifs (C(OH)–C–C–N with tert-alkyl or cyclic N) is 1. The van der Waals surface area contributed by atoms with Gasteiger partial charge in [0.1, 0.15) is 0 Å². The highest BCUT2D eigenvalue weighted by molar-refractivity contribution is 5.48. The van der Waals surface area contributed by atoms with E-state index in [2.05, 4.69) is 0 Å². The van der Waals surface area contributed by atoms with Gasteiger partial charge in [-0.15, -0.1) is 0 Å². The van der Waals surface area contributed by atoms with E-state index in [0.717, 1.165) is 13.0 Å². The van der Waals surface area contributed by atoms with Gasteiger partial charge in [-0.2, -0.15) is 0 Å². The number of nitrogens with zero attached hydrogens (tertiary/aromatic N) is 2. The number of likely N-dealkylation sites (tertiary alicyclic amines) is 1. The summed E-state index contributed by atoms with van der Waals surface area (Å²) in [6.07, 6.45) is 1.20. The van der Waals surface area contributed by atoms with Gasteiger partial charge in [0.2, 0.25) is 6.41 Å². The molecule has 4 heteroatoms. The Labute approximate surface area is 72.8 Å². The van der Waals surface area contributed by atoms with Crippen molar-refractivity contribution in [2.75, 3.05) is 27.2 Å². The molecule has 70 valence electrons. The lowest BCUT2D eigenvalue weighted by molar-refractivity contribution is -0.119. The number of aliphatic hydroxyl groups is 1. The summed E-state index contributed by atoms with van der Waals surface area (Å²) >= 11 is 0. The normalized spacial score (nSPS) is 29.8. The van der Waals surface area contributed by atoms with Crippen LogP contribution in [0, 0.1) is 0 Å². The third-order valence-electron chi connectivity index (χ3n) is 2.15. The van der Waals surface area contributed by atoms with Crippen LogP contribution in [0.3, 0.4) is 0 Å². The lowest BCUT2D eigenvalue weighted by Crippen LogP contribution is -2.36.